The summed E-state index contributed by atoms with van der Waals surface area (Å²) in [6, 6.07) is 5.63. The van der Waals surface area contributed by atoms with Crippen LogP contribution in [0.5, 0.6) is 0 Å². The lowest BCUT2D eigenvalue weighted by Crippen LogP contribution is -2.12. The van der Waals surface area contributed by atoms with Crippen molar-refractivity contribution < 1.29 is 4.79 Å². The maximum atomic E-state index is 11.9. The molecule has 2 rings (SSSR count). The Morgan fingerprint density at radius 1 is 1.61 bits per heavy atom. The molecule has 5 heteroatoms. The van der Waals surface area contributed by atoms with Crippen LogP contribution >= 0.6 is 11.3 Å². The fraction of sp³-hybridized carbons (Fsp3) is 0.231. The average molecular weight is 259 g/mol. The highest BCUT2D eigenvalue weighted by molar-refractivity contribution is 7.16. The minimum atomic E-state index is -0.222. The molecule has 0 saturated heterocycles. The third kappa shape index (κ3) is 2.15. The molecule has 2 aromatic rings. The quantitative estimate of drug-likeness (QED) is 0.889. The number of H-pyrrole nitrogens is 1. The number of nitriles is 1. The number of thiophene rings is 1. The van der Waals surface area contributed by atoms with Crippen molar-refractivity contribution in [2.24, 2.45) is 0 Å². The highest BCUT2D eigenvalue weighted by Crippen LogP contribution is 2.32. The zero-order chi connectivity index (χ0) is 13.1. The number of aromatic amines is 1. The predicted octanol–water partition coefficient (Wildman–Crippen LogP) is 3.07. The summed E-state index contributed by atoms with van der Waals surface area (Å²) in [6.07, 6.45) is 2.49. The van der Waals surface area contributed by atoms with E-state index in [9.17, 15) is 10.1 Å². The Kier molecular flexibility index (Phi) is 3.49. The first-order valence-corrected chi connectivity index (χ1v) is 6.46. The van der Waals surface area contributed by atoms with Gasteiger partial charge in [0.2, 0.25) is 0 Å². The number of nitrogens with one attached hydrogen (secondary N) is 2. The molecule has 2 heterocycles. The van der Waals surface area contributed by atoms with E-state index in [1.54, 1.807) is 18.3 Å². The standard InChI is InChI=1S/C13H13N3OS/c1-3-9-8(2)18-13(10(9)7-14)16-12(17)11-5-4-6-15-11/h4-6,15H,3H2,1-2H3,(H,16,17). The SMILES string of the molecule is CCc1c(C)sc(NC(=O)c2ccc[nH]2)c1C#N. The van der Waals surface area contributed by atoms with E-state index in [1.165, 1.54) is 11.3 Å². The van der Waals surface area contributed by atoms with Gasteiger partial charge in [-0.05, 0) is 31.0 Å². The summed E-state index contributed by atoms with van der Waals surface area (Å²) in [5.74, 6) is -0.222. The van der Waals surface area contributed by atoms with Crippen LogP contribution in [0.25, 0.3) is 0 Å². The second kappa shape index (κ2) is 5.07. The van der Waals surface area contributed by atoms with Crippen LogP contribution in [0.15, 0.2) is 18.3 Å². The van der Waals surface area contributed by atoms with Crippen molar-refractivity contribution in [3.05, 3.63) is 40.0 Å². The Morgan fingerprint density at radius 3 is 2.94 bits per heavy atom. The smallest absolute Gasteiger partial charge is 0.272 e. The van der Waals surface area contributed by atoms with E-state index in [0.29, 0.717) is 16.3 Å². The molecule has 1 amide bonds. The lowest BCUT2D eigenvalue weighted by atomic mass is 10.1. The van der Waals surface area contributed by atoms with Crippen molar-refractivity contribution in [3.63, 3.8) is 0 Å². The van der Waals surface area contributed by atoms with Gasteiger partial charge in [0, 0.05) is 11.1 Å². The predicted molar refractivity (Wildman–Crippen MR) is 71.9 cm³/mol. The maximum absolute atomic E-state index is 11.9. The molecular formula is C13H13N3OS. The lowest BCUT2D eigenvalue weighted by Gasteiger charge is -2.01. The van der Waals surface area contributed by atoms with Gasteiger partial charge in [0.05, 0.1) is 5.56 Å². The molecule has 0 aromatic carbocycles. The number of nitrogens with zero attached hydrogens (tertiary/aromatic N) is 1. The van der Waals surface area contributed by atoms with Crippen molar-refractivity contribution in [1.82, 2.24) is 4.98 Å². The number of anilines is 1. The van der Waals surface area contributed by atoms with Gasteiger partial charge in [-0.1, -0.05) is 6.92 Å². The van der Waals surface area contributed by atoms with Crippen LogP contribution in [-0.4, -0.2) is 10.9 Å². The van der Waals surface area contributed by atoms with Gasteiger partial charge in [0.1, 0.15) is 16.8 Å². The second-order valence-corrected chi connectivity index (χ2v) is 5.07. The first kappa shape index (κ1) is 12.4. The number of carbonyl (C=O) groups excluding carboxylic acids is 1. The molecule has 0 aliphatic rings. The van der Waals surface area contributed by atoms with E-state index in [1.807, 2.05) is 13.8 Å². The molecular weight excluding hydrogens is 246 g/mol. The number of aromatic nitrogens is 1. The lowest BCUT2D eigenvalue weighted by molar-refractivity contribution is 0.102. The molecule has 0 fully saturated rings. The van der Waals surface area contributed by atoms with Crippen LogP contribution in [0.3, 0.4) is 0 Å². The Bertz CT molecular complexity index is 605. The van der Waals surface area contributed by atoms with Gasteiger partial charge in [-0.15, -0.1) is 11.3 Å². The highest BCUT2D eigenvalue weighted by Gasteiger charge is 2.17. The number of amides is 1. The minimum absolute atomic E-state index is 0.222. The molecule has 0 saturated carbocycles. The van der Waals surface area contributed by atoms with Gasteiger partial charge in [0.25, 0.3) is 5.91 Å². The highest BCUT2D eigenvalue weighted by atomic mass is 32.1. The van der Waals surface area contributed by atoms with E-state index >= 15 is 0 Å². The Labute approximate surface area is 109 Å². The molecule has 92 valence electrons. The summed E-state index contributed by atoms with van der Waals surface area (Å²) in [5.41, 5.74) is 2.09. The number of rotatable bonds is 3. The largest absolute Gasteiger partial charge is 0.357 e. The number of hydrogen-bond donors (Lipinski definition) is 2. The zero-order valence-electron chi connectivity index (χ0n) is 10.2. The minimum Gasteiger partial charge on any atom is -0.357 e. The summed E-state index contributed by atoms with van der Waals surface area (Å²) in [6.45, 7) is 3.97. The molecule has 0 bridgehead atoms. The van der Waals surface area contributed by atoms with Crippen LogP contribution in [0, 0.1) is 18.3 Å². The molecule has 0 aliphatic heterocycles. The van der Waals surface area contributed by atoms with Crippen molar-refractivity contribution in [2.45, 2.75) is 20.3 Å². The maximum Gasteiger partial charge on any atom is 0.272 e. The van der Waals surface area contributed by atoms with Gasteiger partial charge in [-0.25, -0.2) is 0 Å². The van der Waals surface area contributed by atoms with Gasteiger partial charge in [-0.2, -0.15) is 5.26 Å². The number of aryl methyl sites for hydroxylation is 1. The zero-order valence-corrected chi connectivity index (χ0v) is 11.0. The van der Waals surface area contributed by atoms with Crippen LogP contribution in [0.1, 0.15) is 33.4 Å². The summed E-state index contributed by atoms with van der Waals surface area (Å²) >= 11 is 1.45. The third-order valence-electron chi connectivity index (χ3n) is 2.74. The second-order valence-electron chi connectivity index (χ2n) is 3.84. The molecule has 18 heavy (non-hydrogen) atoms. The summed E-state index contributed by atoms with van der Waals surface area (Å²) in [7, 11) is 0. The van der Waals surface area contributed by atoms with Crippen LogP contribution < -0.4 is 5.32 Å². The normalized spacial score (nSPS) is 10.1. The number of carbonyl (C=O) groups is 1. The van der Waals surface area contributed by atoms with Gasteiger partial charge in [0.15, 0.2) is 0 Å². The summed E-state index contributed by atoms with van der Waals surface area (Å²) in [4.78, 5) is 15.8. The van der Waals surface area contributed by atoms with Crippen molar-refractivity contribution in [3.8, 4) is 6.07 Å². The van der Waals surface area contributed by atoms with Crippen LogP contribution in [0.4, 0.5) is 5.00 Å². The molecule has 0 unspecified atom stereocenters. The summed E-state index contributed by atoms with van der Waals surface area (Å²) < 4.78 is 0. The summed E-state index contributed by atoms with van der Waals surface area (Å²) in [5, 5.41) is 12.6. The van der Waals surface area contributed by atoms with Crippen molar-refractivity contribution >= 4 is 22.2 Å². The topological polar surface area (TPSA) is 68.7 Å². The average Bonchev–Trinajstić information content (AvgIpc) is 2.96. The van der Waals surface area contributed by atoms with E-state index in [-0.39, 0.29) is 5.91 Å². The third-order valence-corrected chi connectivity index (χ3v) is 3.81. The van der Waals surface area contributed by atoms with Crippen LogP contribution in [0.2, 0.25) is 0 Å². The molecule has 0 atom stereocenters. The van der Waals surface area contributed by atoms with Gasteiger partial charge >= 0.3 is 0 Å². The van der Waals surface area contributed by atoms with Crippen molar-refractivity contribution in [2.75, 3.05) is 5.32 Å². The van der Waals surface area contributed by atoms with Gasteiger partial charge in [-0.3, -0.25) is 4.79 Å². The molecule has 4 nitrogen and oxygen atoms in total. The van der Waals surface area contributed by atoms with Gasteiger partial charge < -0.3 is 10.3 Å². The molecule has 2 aromatic heterocycles. The van der Waals surface area contributed by atoms with E-state index in [4.69, 9.17) is 0 Å². The molecule has 0 aliphatic carbocycles. The Hall–Kier alpha value is -2.06. The number of hydrogen-bond acceptors (Lipinski definition) is 3. The fourth-order valence-corrected chi connectivity index (χ4v) is 2.94. The monoisotopic (exact) mass is 259 g/mol. The molecule has 2 N–H and O–H groups in total. The first-order chi connectivity index (χ1) is 8.67. The van der Waals surface area contributed by atoms with E-state index in [2.05, 4.69) is 16.4 Å². The van der Waals surface area contributed by atoms with Crippen LogP contribution in [-0.2, 0) is 6.42 Å². The first-order valence-electron chi connectivity index (χ1n) is 5.64. The van der Waals surface area contributed by atoms with Crippen molar-refractivity contribution in [1.29, 1.82) is 5.26 Å². The molecule has 0 radical (unpaired) electrons. The fourth-order valence-electron chi connectivity index (χ4n) is 1.85. The Morgan fingerprint density at radius 2 is 2.39 bits per heavy atom. The van der Waals surface area contributed by atoms with E-state index < -0.39 is 0 Å². The Balaban J connectivity index is 2.30. The van der Waals surface area contributed by atoms with E-state index in [0.717, 1.165) is 16.9 Å². The molecule has 0 spiro atoms.